The van der Waals surface area contributed by atoms with E-state index in [1.165, 1.54) is 0 Å². The van der Waals surface area contributed by atoms with Crippen LogP contribution in [-0.4, -0.2) is 38.3 Å². The van der Waals surface area contributed by atoms with Crippen LogP contribution in [0.4, 0.5) is 0 Å². The maximum absolute atomic E-state index is 0. The normalized spacial score (nSPS) is 0. The Hall–Kier alpha value is 0.239. The fourth-order valence-electron chi connectivity index (χ4n) is 0. The Morgan fingerprint density at radius 2 is 0.250 bits per heavy atom. The molecule has 0 aromatic carbocycles. The zero-order chi connectivity index (χ0) is 0. The van der Waals surface area contributed by atoms with E-state index in [2.05, 4.69) is 0 Å². The van der Waals surface area contributed by atoms with Gasteiger partial charge in [-0.1, -0.05) is 0 Å². The van der Waals surface area contributed by atoms with E-state index in [4.69, 9.17) is 0 Å². The predicted octanol–water partition coefficient (Wildman–Crippen LogP) is -5.78. The summed E-state index contributed by atoms with van der Waals surface area (Å²) in [5, 5.41) is 0. The van der Waals surface area contributed by atoms with E-state index in [1.807, 2.05) is 0 Å². The smallest absolute Gasteiger partial charge is 0.412 e. The molecule has 7 nitrogen and oxygen atoms in total. The Balaban J connectivity index is 0. The average Bonchev–Trinajstić information content (AvgIpc) is 0. The second kappa shape index (κ2) is 4910. The van der Waals surface area contributed by atoms with E-state index >= 15 is 0 Å². The molecule has 0 spiro atoms. The third-order valence-corrected chi connectivity index (χ3v) is 0. The molecule has 0 aliphatic heterocycles. The molecule has 0 bridgehead atoms. The van der Waals surface area contributed by atoms with Gasteiger partial charge in [-0.25, -0.2) is 0 Å². The van der Waals surface area contributed by atoms with Gasteiger partial charge in [-0.05, 0) is 0 Å². The third-order valence-electron chi connectivity index (χ3n) is 0. The molecule has 0 saturated carbocycles. The maximum Gasteiger partial charge on any atom is 3.00 e. The van der Waals surface area contributed by atoms with Gasteiger partial charge in [-0.2, -0.15) is 0 Å². The van der Waals surface area contributed by atoms with Gasteiger partial charge in [0.15, 0.2) is 0 Å². The molecule has 8 heavy (non-hydrogen) atoms. The molecule has 0 amide bonds. The molecule has 0 unspecified atom stereocenters. The monoisotopic (exact) mass is 182 g/mol. The summed E-state index contributed by atoms with van der Waals surface area (Å²) in [4.78, 5) is 0. The van der Waals surface area contributed by atoms with Crippen LogP contribution in [0.5, 0.6) is 0 Å². The first-order chi connectivity index (χ1) is 0. The molecule has 0 aromatic heterocycles. The van der Waals surface area contributed by atoms with Crippen molar-refractivity contribution in [2.45, 2.75) is 0 Å². The summed E-state index contributed by atoms with van der Waals surface area (Å²) in [6.45, 7) is 0. The van der Waals surface area contributed by atoms with Crippen LogP contribution in [0.15, 0.2) is 0 Å². The quantitative estimate of drug-likeness (QED) is 0.319. The molecule has 0 saturated heterocycles. The van der Waals surface area contributed by atoms with Crippen molar-refractivity contribution >= 4 is 0 Å². The van der Waals surface area contributed by atoms with Gasteiger partial charge in [0.05, 0.1) is 0 Å². The van der Waals surface area contributed by atoms with Crippen molar-refractivity contribution in [2.24, 2.45) is 0 Å². The van der Waals surface area contributed by atoms with Gasteiger partial charge in [0.25, 0.3) is 0 Å². The largest absolute Gasteiger partial charge is 3.00 e. The van der Waals surface area contributed by atoms with E-state index in [-0.39, 0.29) is 55.4 Å². The molecule has 0 aliphatic rings. The first-order valence-corrected chi connectivity index (χ1v) is 0. The number of rotatable bonds is 0. The Labute approximate surface area is 56.3 Å². The molecule has 8 heteroatoms. The van der Waals surface area contributed by atoms with Crippen molar-refractivity contribution in [3.05, 3.63) is 0 Å². The predicted molar refractivity (Wildman–Crippen MR) is 25.3 cm³/mol. The second-order valence-corrected chi connectivity index (χ2v) is 0. The maximum atomic E-state index is 0. The standard InChI is InChI=1S/Fe.7H2O/h;7*1H2/q+3;;;;;;;. The van der Waals surface area contributed by atoms with Crippen LogP contribution in [0.2, 0.25) is 0 Å². The Morgan fingerprint density at radius 1 is 0.250 bits per heavy atom. The molecule has 0 atom stereocenters. The molecule has 0 rings (SSSR count). The molecule has 14 N–H and O–H groups in total. The van der Waals surface area contributed by atoms with Crippen molar-refractivity contribution in [2.75, 3.05) is 0 Å². The third kappa shape index (κ3) is 2990. The first-order valence-electron chi connectivity index (χ1n) is 0. The van der Waals surface area contributed by atoms with Crippen molar-refractivity contribution in [3.63, 3.8) is 0 Å². The molecular formula is H14FeO7+3. The van der Waals surface area contributed by atoms with Crippen LogP contribution in [0.1, 0.15) is 0 Å². The summed E-state index contributed by atoms with van der Waals surface area (Å²) >= 11 is 0. The van der Waals surface area contributed by atoms with Crippen molar-refractivity contribution in [1.82, 2.24) is 0 Å². The van der Waals surface area contributed by atoms with E-state index in [0.29, 0.717) is 0 Å². The van der Waals surface area contributed by atoms with Gasteiger partial charge in [-0.3, -0.25) is 0 Å². The van der Waals surface area contributed by atoms with Crippen LogP contribution in [0.3, 0.4) is 0 Å². The van der Waals surface area contributed by atoms with Gasteiger partial charge >= 0.3 is 17.1 Å². The second-order valence-electron chi connectivity index (χ2n) is 0. The van der Waals surface area contributed by atoms with E-state index in [1.54, 1.807) is 0 Å². The van der Waals surface area contributed by atoms with E-state index in [9.17, 15) is 0 Å². The van der Waals surface area contributed by atoms with Crippen molar-refractivity contribution in [1.29, 1.82) is 0 Å². The van der Waals surface area contributed by atoms with Gasteiger partial charge < -0.3 is 38.3 Å². The zero-order valence-electron chi connectivity index (χ0n) is 3.85. The minimum Gasteiger partial charge on any atom is -0.412 e. The summed E-state index contributed by atoms with van der Waals surface area (Å²) in [6.07, 6.45) is 0. The summed E-state index contributed by atoms with van der Waals surface area (Å²) in [6, 6.07) is 0. The van der Waals surface area contributed by atoms with Gasteiger partial charge in [0, 0.05) is 0 Å². The minimum absolute atomic E-state index is 0. The Morgan fingerprint density at radius 3 is 0.250 bits per heavy atom. The molecular weight excluding hydrogens is 168 g/mol. The summed E-state index contributed by atoms with van der Waals surface area (Å²) in [5.41, 5.74) is 0. The van der Waals surface area contributed by atoms with E-state index in [0.717, 1.165) is 0 Å². The fourth-order valence-corrected chi connectivity index (χ4v) is 0. The van der Waals surface area contributed by atoms with Crippen LogP contribution in [0.25, 0.3) is 0 Å². The van der Waals surface area contributed by atoms with Crippen LogP contribution in [0, 0.1) is 0 Å². The molecule has 1 radical (unpaired) electrons. The molecule has 0 heterocycles. The molecule has 0 aromatic rings. The zero-order valence-corrected chi connectivity index (χ0v) is 4.96. The van der Waals surface area contributed by atoms with Crippen molar-refractivity contribution in [3.8, 4) is 0 Å². The van der Waals surface area contributed by atoms with Crippen molar-refractivity contribution < 1.29 is 55.4 Å². The summed E-state index contributed by atoms with van der Waals surface area (Å²) in [7, 11) is 0. The summed E-state index contributed by atoms with van der Waals surface area (Å²) < 4.78 is 0. The molecule has 0 aliphatic carbocycles. The van der Waals surface area contributed by atoms with Gasteiger partial charge in [-0.15, -0.1) is 0 Å². The number of hydrogen-bond donors (Lipinski definition) is 0. The van der Waals surface area contributed by atoms with Gasteiger partial charge in [0.2, 0.25) is 0 Å². The van der Waals surface area contributed by atoms with Gasteiger partial charge in [0.1, 0.15) is 0 Å². The summed E-state index contributed by atoms with van der Waals surface area (Å²) in [5.74, 6) is 0. The fraction of sp³-hybridized carbons (Fsp3) is 0. The average molecular weight is 182 g/mol. The van der Waals surface area contributed by atoms with Crippen LogP contribution in [-0.2, 0) is 17.1 Å². The van der Waals surface area contributed by atoms with Crippen LogP contribution >= 0.6 is 0 Å². The van der Waals surface area contributed by atoms with E-state index < -0.39 is 0 Å². The first kappa shape index (κ1) is 7530. The Kier molecular flexibility index (Phi) is 4630000. The topological polar surface area (TPSA) is 220 Å². The number of hydrogen-bond acceptors (Lipinski definition) is 0. The molecule has 61 valence electrons. The van der Waals surface area contributed by atoms with Crippen LogP contribution < -0.4 is 0 Å². The SMILES string of the molecule is O.O.O.O.O.O.O.[Fe+3]. The molecule has 0 fully saturated rings. The minimum atomic E-state index is 0. The Bertz CT molecular complexity index is 4.35.